The molecule has 21 heavy (non-hydrogen) atoms. The Labute approximate surface area is 122 Å². The van der Waals surface area contributed by atoms with Crippen LogP contribution in [0.15, 0.2) is 30.3 Å². The summed E-state index contributed by atoms with van der Waals surface area (Å²) in [6.07, 6.45) is -6.07. The van der Waals surface area contributed by atoms with Crippen molar-refractivity contribution in [3.63, 3.8) is 0 Å². The highest BCUT2D eigenvalue weighted by molar-refractivity contribution is 7.43. The molecule has 2 rings (SSSR count). The van der Waals surface area contributed by atoms with Crippen molar-refractivity contribution in [3.05, 3.63) is 35.9 Å². The summed E-state index contributed by atoms with van der Waals surface area (Å²) in [5.74, 6) is -1.98. The fraction of sp³-hybridized carbons (Fsp3) is 0.500. The van der Waals surface area contributed by atoms with Crippen molar-refractivity contribution in [3.8, 4) is 0 Å². The maximum Gasteiger partial charge on any atom is 0.253 e. The Morgan fingerprint density at radius 1 is 1.19 bits per heavy atom. The first kappa shape index (κ1) is 16.7. The van der Waals surface area contributed by atoms with E-state index in [4.69, 9.17) is 14.8 Å². The number of hydrogen-bond acceptors (Lipinski definition) is 8. The van der Waals surface area contributed by atoms with Gasteiger partial charge in [0.15, 0.2) is 0 Å². The van der Waals surface area contributed by atoms with E-state index in [1.54, 1.807) is 30.3 Å². The number of ether oxygens (including phenoxy) is 1. The summed E-state index contributed by atoms with van der Waals surface area (Å²) in [5, 5.41) is 39.3. The van der Waals surface area contributed by atoms with Gasteiger partial charge in [-0.1, -0.05) is 30.3 Å². The van der Waals surface area contributed by atoms with Gasteiger partial charge in [-0.05, 0) is 0 Å². The summed E-state index contributed by atoms with van der Waals surface area (Å²) in [6, 6.07) is 8.07. The van der Waals surface area contributed by atoms with Crippen LogP contribution in [-0.4, -0.2) is 56.3 Å². The van der Waals surface area contributed by atoms with Crippen molar-refractivity contribution in [2.75, 3.05) is 6.61 Å². The van der Waals surface area contributed by atoms with E-state index in [1.807, 2.05) is 0 Å². The Morgan fingerprint density at radius 3 is 2.33 bits per heavy atom. The maximum atomic E-state index is 10.3. The minimum atomic E-state index is -2.44. The molecule has 118 valence electrons. The summed E-state index contributed by atoms with van der Waals surface area (Å²) in [4.78, 5) is 9.38. The topological polar surface area (TPSA) is 146 Å². The molecular weight excluding hydrogens is 301 g/mol. The molecule has 0 aromatic heterocycles. The fourth-order valence-corrected chi connectivity index (χ4v) is 2.85. The second-order valence-electron chi connectivity index (χ2n) is 4.69. The Bertz CT molecular complexity index is 460. The molecule has 7 N–H and O–H groups in total. The van der Waals surface area contributed by atoms with E-state index >= 15 is 0 Å². The Morgan fingerprint density at radius 2 is 1.81 bits per heavy atom. The van der Waals surface area contributed by atoms with Gasteiger partial charge < -0.3 is 30.1 Å². The number of aliphatic hydroxyl groups is 4. The molecule has 1 aromatic rings. The number of aliphatic hydroxyl groups excluding tert-OH is 4. The number of benzene rings is 1. The lowest BCUT2D eigenvalue weighted by Gasteiger charge is -2.48. The molecular formula is C12H18NO7P. The van der Waals surface area contributed by atoms with Crippen LogP contribution in [0.4, 0.5) is 0 Å². The van der Waals surface area contributed by atoms with E-state index in [0.29, 0.717) is 0 Å². The van der Waals surface area contributed by atoms with E-state index in [2.05, 4.69) is 0 Å². The molecule has 1 heterocycles. The Hall–Kier alpha value is -0.670. The Kier molecular flexibility index (Phi) is 5.26. The molecule has 8 nitrogen and oxygen atoms in total. The molecule has 0 amide bonds. The summed E-state index contributed by atoms with van der Waals surface area (Å²) in [5.41, 5.74) is 5.56. The number of nitrogens with two attached hydrogens (primary N) is 1. The minimum Gasteiger partial charge on any atom is -0.394 e. The van der Waals surface area contributed by atoms with Crippen molar-refractivity contribution >= 4 is 8.53 Å². The van der Waals surface area contributed by atoms with Crippen molar-refractivity contribution in [1.82, 2.24) is 0 Å². The summed E-state index contributed by atoms with van der Waals surface area (Å²) >= 11 is 0. The minimum absolute atomic E-state index is 0.286. The van der Waals surface area contributed by atoms with Gasteiger partial charge in [0.2, 0.25) is 5.79 Å². The molecule has 1 aromatic carbocycles. The van der Waals surface area contributed by atoms with Crippen LogP contribution < -0.4 is 5.50 Å². The third-order valence-electron chi connectivity index (χ3n) is 3.36. The van der Waals surface area contributed by atoms with Crippen molar-refractivity contribution in [2.24, 2.45) is 5.50 Å². The van der Waals surface area contributed by atoms with Crippen LogP contribution in [0.25, 0.3) is 0 Å². The first-order valence-corrected chi connectivity index (χ1v) is 7.51. The predicted molar refractivity (Wildman–Crippen MR) is 72.5 cm³/mol. The van der Waals surface area contributed by atoms with Gasteiger partial charge >= 0.3 is 0 Å². The third kappa shape index (κ3) is 3.09. The van der Waals surface area contributed by atoms with Gasteiger partial charge in [0.25, 0.3) is 8.53 Å². The van der Waals surface area contributed by atoms with Gasteiger partial charge in [0.1, 0.15) is 24.4 Å². The third-order valence-corrected chi connectivity index (χ3v) is 3.81. The van der Waals surface area contributed by atoms with E-state index < -0.39 is 45.3 Å². The van der Waals surface area contributed by atoms with Crippen molar-refractivity contribution < 1.29 is 34.6 Å². The highest BCUT2D eigenvalue weighted by Crippen LogP contribution is 2.45. The van der Waals surface area contributed by atoms with E-state index in [9.17, 15) is 25.3 Å². The molecule has 0 aliphatic carbocycles. The zero-order valence-corrected chi connectivity index (χ0v) is 11.9. The highest BCUT2D eigenvalue weighted by Gasteiger charge is 2.56. The van der Waals surface area contributed by atoms with Gasteiger partial charge in [-0.3, -0.25) is 10.0 Å². The zero-order valence-electron chi connectivity index (χ0n) is 11.0. The average molecular weight is 319 g/mol. The van der Waals surface area contributed by atoms with Gasteiger partial charge in [0, 0.05) is 5.56 Å². The van der Waals surface area contributed by atoms with Crippen LogP contribution in [0.2, 0.25) is 0 Å². The van der Waals surface area contributed by atoms with Gasteiger partial charge in [-0.25, -0.2) is 0 Å². The average Bonchev–Trinajstić information content (AvgIpc) is 2.48. The van der Waals surface area contributed by atoms with Crippen LogP contribution in [0.3, 0.4) is 0 Å². The largest absolute Gasteiger partial charge is 0.394 e. The molecule has 2 unspecified atom stereocenters. The molecule has 0 radical (unpaired) electrons. The van der Waals surface area contributed by atoms with E-state index in [0.717, 1.165) is 0 Å². The zero-order chi connectivity index (χ0) is 15.6. The Balaban J connectivity index is 2.48. The van der Waals surface area contributed by atoms with Gasteiger partial charge in [-0.15, -0.1) is 0 Å². The molecule has 0 saturated carbocycles. The fourth-order valence-electron chi connectivity index (χ4n) is 2.32. The monoisotopic (exact) mass is 319 g/mol. The lowest BCUT2D eigenvalue weighted by atomic mass is 9.88. The molecule has 9 heteroatoms. The van der Waals surface area contributed by atoms with E-state index in [-0.39, 0.29) is 5.56 Å². The van der Waals surface area contributed by atoms with Crippen LogP contribution in [0.1, 0.15) is 5.56 Å². The number of hydrogen-bond donors (Lipinski definition) is 6. The highest BCUT2D eigenvalue weighted by atomic mass is 31.2. The summed E-state index contributed by atoms with van der Waals surface area (Å²) in [6.45, 7) is -0.614. The summed E-state index contributed by atoms with van der Waals surface area (Å²) < 4.78 is 10.6. The lowest BCUT2D eigenvalue weighted by Crippen LogP contribution is -2.64. The molecule has 1 aliphatic rings. The van der Waals surface area contributed by atoms with Crippen LogP contribution in [0, 0.1) is 0 Å². The van der Waals surface area contributed by atoms with Crippen LogP contribution in [-0.2, 0) is 15.0 Å². The molecule has 0 spiro atoms. The maximum absolute atomic E-state index is 10.3. The van der Waals surface area contributed by atoms with Crippen molar-refractivity contribution in [2.45, 2.75) is 30.2 Å². The van der Waals surface area contributed by atoms with Crippen LogP contribution >= 0.6 is 8.53 Å². The molecule has 1 aliphatic heterocycles. The number of rotatable bonds is 4. The van der Waals surface area contributed by atoms with Crippen molar-refractivity contribution in [1.29, 1.82) is 0 Å². The molecule has 1 saturated heterocycles. The smallest absolute Gasteiger partial charge is 0.253 e. The SMILES string of the molecule is NP(O)OC1(c2ccccc2)O[C@H](CO)[C@@H](O)[C@H](O)[C@H]1O. The van der Waals surface area contributed by atoms with E-state index in [1.165, 1.54) is 0 Å². The molecule has 6 atom stereocenters. The quantitative estimate of drug-likeness (QED) is 0.368. The normalized spacial score (nSPS) is 38.2. The predicted octanol–water partition coefficient (Wildman–Crippen LogP) is -1.49. The first-order valence-electron chi connectivity index (χ1n) is 6.23. The van der Waals surface area contributed by atoms with Gasteiger partial charge in [0.05, 0.1) is 6.61 Å². The standard InChI is InChI=1S/C12H18NO7P/c13-21(18)20-12(7-4-2-1-3-5-7)11(17)10(16)9(15)8(6-14)19-12/h1-5,8-11,14-18H,6,13H2/t8-,9-,10+,11-,12?,21?/m1/s1. The first-order chi connectivity index (χ1) is 9.92. The van der Waals surface area contributed by atoms with Gasteiger partial charge in [-0.2, -0.15) is 0 Å². The second-order valence-corrected chi connectivity index (χ2v) is 5.48. The molecule has 0 bridgehead atoms. The second kappa shape index (κ2) is 6.62. The molecule has 1 fully saturated rings. The lowest BCUT2D eigenvalue weighted by molar-refractivity contribution is -0.346. The van der Waals surface area contributed by atoms with Crippen LogP contribution in [0.5, 0.6) is 0 Å². The summed E-state index contributed by atoms with van der Waals surface area (Å²) in [7, 11) is -2.44.